The number of hydrogen-bond donors (Lipinski definition) is 2. The van der Waals surface area contributed by atoms with Crippen LogP contribution in [0.3, 0.4) is 0 Å². The van der Waals surface area contributed by atoms with Gasteiger partial charge in [-0.05, 0) is 43.4 Å². The number of ether oxygens (including phenoxy) is 1. The highest BCUT2D eigenvalue weighted by molar-refractivity contribution is 5.69. The molecule has 0 heterocycles. The Bertz CT molecular complexity index is 769. The molecule has 0 saturated carbocycles. The molecule has 0 radical (unpaired) electrons. The van der Waals surface area contributed by atoms with Gasteiger partial charge in [0.2, 0.25) is 0 Å². The van der Waals surface area contributed by atoms with Crippen molar-refractivity contribution in [3.63, 3.8) is 0 Å². The van der Waals surface area contributed by atoms with E-state index in [4.69, 9.17) is 9.84 Å². The lowest BCUT2D eigenvalue weighted by atomic mass is 9.96. The standard InChI is InChI=1S/C23H29NO4/c1-17(21(25)26)8-7-15-24-22(27)28-23(2,3)16-18-11-13-20(14-12-18)19-9-5-4-6-10-19/h4-6,9-14,17H,7-8,15-16H2,1-3H3,(H,24,27)(H,25,26)/t17-/m0/s1. The first-order chi connectivity index (χ1) is 13.3. The van der Waals surface area contributed by atoms with Crippen LogP contribution in [0.2, 0.25) is 0 Å². The number of carbonyl (C=O) groups excluding carboxylic acids is 1. The van der Waals surface area contributed by atoms with Crippen LogP contribution in [0.25, 0.3) is 11.1 Å². The zero-order valence-corrected chi connectivity index (χ0v) is 16.8. The first-order valence-corrected chi connectivity index (χ1v) is 9.61. The third-order valence-corrected chi connectivity index (χ3v) is 4.56. The maximum Gasteiger partial charge on any atom is 0.407 e. The molecular weight excluding hydrogens is 354 g/mol. The van der Waals surface area contributed by atoms with Gasteiger partial charge in [-0.25, -0.2) is 4.79 Å². The van der Waals surface area contributed by atoms with Crippen molar-refractivity contribution in [2.45, 2.75) is 45.6 Å². The SMILES string of the molecule is C[C@@H](CCCNC(=O)OC(C)(C)Cc1ccc(-c2ccccc2)cc1)C(=O)O. The fourth-order valence-electron chi connectivity index (χ4n) is 2.98. The minimum Gasteiger partial charge on any atom is -0.481 e. The Morgan fingerprint density at radius 3 is 2.25 bits per heavy atom. The lowest BCUT2D eigenvalue weighted by Crippen LogP contribution is -2.36. The second-order valence-corrected chi connectivity index (χ2v) is 7.70. The molecule has 150 valence electrons. The number of hydrogen-bond acceptors (Lipinski definition) is 3. The highest BCUT2D eigenvalue weighted by Crippen LogP contribution is 2.22. The minimum absolute atomic E-state index is 0.401. The van der Waals surface area contributed by atoms with Crippen molar-refractivity contribution in [3.05, 3.63) is 60.2 Å². The van der Waals surface area contributed by atoms with Crippen LogP contribution < -0.4 is 5.32 Å². The van der Waals surface area contributed by atoms with Crippen LogP contribution in [0.15, 0.2) is 54.6 Å². The number of nitrogens with one attached hydrogen (secondary N) is 1. The monoisotopic (exact) mass is 383 g/mol. The molecule has 5 heteroatoms. The molecule has 28 heavy (non-hydrogen) atoms. The van der Waals surface area contributed by atoms with Gasteiger partial charge in [-0.3, -0.25) is 4.79 Å². The Balaban J connectivity index is 1.80. The summed E-state index contributed by atoms with van der Waals surface area (Å²) in [6.07, 6.45) is 1.25. The lowest BCUT2D eigenvalue weighted by molar-refractivity contribution is -0.141. The van der Waals surface area contributed by atoms with Gasteiger partial charge in [0.1, 0.15) is 5.60 Å². The maximum absolute atomic E-state index is 12.0. The Hall–Kier alpha value is -2.82. The molecule has 2 aromatic rings. The maximum atomic E-state index is 12.0. The molecule has 2 N–H and O–H groups in total. The van der Waals surface area contributed by atoms with E-state index in [1.807, 2.05) is 32.0 Å². The number of aliphatic carboxylic acids is 1. The second-order valence-electron chi connectivity index (χ2n) is 7.70. The molecule has 0 bridgehead atoms. The molecule has 1 amide bonds. The third-order valence-electron chi connectivity index (χ3n) is 4.56. The largest absolute Gasteiger partial charge is 0.481 e. The summed E-state index contributed by atoms with van der Waals surface area (Å²) < 4.78 is 5.54. The van der Waals surface area contributed by atoms with Crippen molar-refractivity contribution in [1.82, 2.24) is 5.32 Å². The summed E-state index contributed by atoms with van der Waals surface area (Å²) in [5, 5.41) is 11.5. The zero-order valence-electron chi connectivity index (χ0n) is 16.8. The van der Waals surface area contributed by atoms with E-state index >= 15 is 0 Å². The summed E-state index contributed by atoms with van der Waals surface area (Å²) in [4.78, 5) is 22.8. The van der Waals surface area contributed by atoms with E-state index in [2.05, 4.69) is 41.7 Å². The van der Waals surface area contributed by atoms with Crippen LogP contribution >= 0.6 is 0 Å². The molecule has 5 nitrogen and oxygen atoms in total. The molecule has 2 rings (SSSR count). The Morgan fingerprint density at radius 2 is 1.64 bits per heavy atom. The fourth-order valence-corrected chi connectivity index (χ4v) is 2.98. The molecule has 0 aliphatic heterocycles. The van der Waals surface area contributed by atoms with E-state index in [0.717, 1.165) is 11.1 Å². The van der Waals surface area contributed by atoms with Crippen molar-refractivity contribution in [2.75, 3.05) is 6.54 Å². The molecule has 0 aliphatic carbocycles. The van der Waals surface area contributed by atoms with Crippen LogP contribution in [-0.2, 0) is 16.0 Å². The van der Waals surface area contributed by atoms with Gasteiger partial charge in [-0.15, -0.1) is 0 Å². The number of benzene rings is 2. The first kappa shape index (κ1) is 21.5. The zero-order chi connectivity index (χ0) is 20.6. The van der Waals surface area contributed by atoms with Crippen LogP contribution in [-0.4, -0.2) is 29.3 Å². The Labute approximate surface area is 166 Å². The molecule has 0 fully saturated rings. The van der Waals surface area contributed by atoms with Gasteiger partial charge in [0.05, 0.1) is 5.92 Å². The van der Waals surface area contributed by atoms with Gasteiger partial charge in [0, 0.05) is 13.0 Å². The number of carboxylic acids is 1. The molecule has 0 saturated heterocycles. The van der Waals surface area contributed by atoms with E-state index < -0.39 is 23.6 Å². The summed E-state index contributed by atoms with van der Waals surface area (Å²) in [7, 11) is 0. The first-order valence-electron chi connectivity index (χ1n) is 9.61. The van der Waals surface area contributed by atoms with Crippen LogP contribution in [0.5, 0.6) is 0 Å². The quantitative estimate of drug-likeness (QED) is 0.604. The molecule has 0 aromatic heterocycles. The Morgan fingerprint density at radius 1 is 1.04 bits per heavy atom. The van der Waals surface area contributed by atoms with Crippen LogP contribution in [0.4, 0.5) is 4.79 Å². The van der Waals surface area contributed by atoms with E-state index in [1.165, 1.54) is 5.56 Å². The van der Waals surface area contributed by atoms with Crippen LogP contribution in [0, 0.1) is 5.92 Å². The molecule has 1 atom stereocenters. The minimum atomic E-state index is -0.818. The van der Waals surface area contributed by atoms with Crippen LogP contribution in [0.1, 0.15) is 39.2 Å². The predicted molar refractivity (Wildman–Crippen MR) is 110 cm³/mol. The molecule has 0 aliphatic rings. The Kier molecular flexibility index (Phi) is 7.61. The van der Waals surface area contributed by atoms with Crippen molar-refractivity contribution >= 4 is 12.1 Å². The molecule has 0 unspecified atom stereocenters. The summed E-state index contributed by atoms with van der Waals surface area (Å²) in [5.41, 5.74) is 2.76. The number of rotatable bonds is 9. The lowest BCUT2D eigenvalue weighted by Gasteiger charge is -2.25. The highest BCUT2D eigenvalue weighted by atomic mass is 16.6. The number of alkyl carbamates (subject to hydrolysis) is 1. The van der Waals surface area contributed by atoms with E-state index in [0.29, 0.717) is 25.8 Å². The average molecular weight is 383 g/mol. The third kappa shape index (κ3) is 7.06. The molecule has 2 aromatic carbocycles. The summed E-state index contributed by atoms with van der Waals surface area (Å²) in [6, 6.07) is 18.4. The number of carboxylic acid groups (broad SMARTS) is 1. The van der Waals surface area contributed by atoms with Gasteiger partial charge >= 0.3 is 12.1 Å². The van der Waals surface area contributed by atoms with E-state index in [1.54, 1.807) is 6.92 Å². The summed E-state index contributed by atoms with van der Waals surface area (Å²) in [5.74, 6) is -1.23. The van der Waals surface area contributed by atoms with Crippen molar-refractivity contribution in [1.29, 1.82) is 0 Å². The molecular formula is C23H29NO4. The number of carbonyl (C=O) groups is 2. The normalized spacial score (nSPS) is 12.2. The summed E-state index contributed by atoms with van der Waals surface area (Å²) in [6.45, 7) is 5.82. The van der Waals surface area contributed by atoms with Crippen molar-refractivity contribution in [2.24, 2.45) is 5.92 Å². The fraction of sp³-hybridized carbons (Fsp3) is 0.391. The van der Waals surface area contributed by atoms with E-state index in [9.17, 15) is 9.59 Å². The van der Waals surface area contributed by atoms with Gasteiger partial charge in [-0.2, -0.15) is 0 Å². The van der Waals surface area contributed by atoms with Gasteiger partial charge in [-0.1, -0.05) is 61.5 Å². The smallest absolute Gasteiger partial charge is 0.407 e. The van der Waals surface area contributed by atoms with Crippen molar-refractivity contribution < 1.29 is 19.4 Å². The van der Waals surface area contributed by atoms with Gasteiger partial charge in [0.15, 0.2) is 0 Å². The highest BCUT2D eigenvalue weighted by Gasteiger charge is 2.23. The summed E-state index contributed by atoms with van der Waals surface area (Å²) >= 11 is 0. The van der Waals surface area contributed by atoms with Crippen molar-refractivity contribution in [3.8, 4) is 11.1 Å². The second kappa shape index (κ2) is 9.93. The number of amides is 1. The average Bonchev–Trinajstić information content (AvgIpc) is 2.65. The van der Waals surface area contributed by atoms with E-state index in [-0.39, 0.29) is 0 Å². The topological polar surface area (TPSA) is 75.6 Å². The predicted octanol–water partition coefficient (Wildman–Crippen LogP) is 4.90. The molecule has 0 spiro atoms. The van der Waals surface area contributed by atoms with Gasteiger partial charge < -0.3 is 15.2 Å². The van der Waals surface area contributed by atoms with Gasteiger partial charge in [0.25, 0.3) is 0 Å².